The van der Waals surface area contributed by atoms with E-state index in [4.69, 9.17) is 11.6 Å². The molecule has 0 saturated heterocycles. The molecule has 1 N–H and O–H groups in total. The zero-order valence-electron chi connectivity index (χ0n) is 15.5. The zero-order chi connectivity index (χ0) is 21.0. The minimum Gasteiger partial charge on any atom is -0.337 e. The van der Waals surface area contributed by atoms with Gasteiger partial charge in [0.05, 0.1) is 10.6 Å². The van der Waals surface area contributed by atoms with E-state index in [2.05, 4.69) is 4.72 Å². The lowest BCUT2D eigenvalue weighted by Gasteiger charge is -2.18. The van der Waals surface area contributed by atoms with Crippen LogP contribution in [0.3, 0.4) is 0 Å². The summed E-state index contributed by atoms with van der Waals surface area (Å²) in [5.41, 5.74) is 0.797. The van der Waals surface area contributed by atoms with Gasteiger partial charge in [-0.15, -0.1) is 0 Å². The summed E-state index contributed by atoms with van der Waals surface area (Å²) in [6, 6.07) is 18.2. The zero-order valence-corrected chi connectivity index (χ0v) is 17.0. The monoisotopic (exact) mass is 432 g/mol. The van der Waals surface area contributed by atoms with E-state index < -0.39 is 15.8 Å². The van der Waals surface area contributed by atoms with Crippen LogP contribution in [0.4, 0.5) is 10.1 Å². The number of nitrogens with one attached hydrogen (secondary N) is 1. The molecule has 0 atom stereocenters. The predicted molar refractivity (Wildman–Crippen MR) is 111 cm³/mol. The number of sulfonamides is 1. The van der Waals surface area contributed by atoms with Crippen molar-refractivity contribution in [3.63, 3.8) is 0 Å². The third kappa shape index (κ3) is 4.93. The number of hydrogen-bond acceptors (Lipinski definition) is 3. The number of hydrogen-bond donors (Lipinski definition) is 1. The van der Waals surface area contributed by atoms with Crippen molar-refractivity contribution in [3.05, 3.63) is 94.8 Å². The van der Waals surface area contributed by atoms with Gasteiger partial charge in [0.25, 0.3) is 15.9 Å². The number of carbonyl (C=O) groups excluding carboxylic acids is 1. The maximum absolute atomic E-state index is 13.8. The quantitative estimate of drug-likeness (QED) is 0.621. The average Bonchev–Trinajstić information content (AvgIpc) is 2.71. The van der Waals surface area contributed by atoms with Gasteiger partial charge >= 0.3 is 0 Å². The van der Waals surface area contributed by atoms with E-state index in [1.165, 1.54) is 47.4 Å². The number of halogens is 2. The van der Waals surface area contributed by atoms with Crippen molar-refractivity contribution in [1.82, 2.24) is 4.90 Å². The SMILES string of the molecule is CN(Cc1ccccc1Cl)C(=O)c1cccc(S(=O)(=O)Nc2ccccc2F)c1. The Balaban J connectivity index is 1.82. The molecule has 3 aromatic rings. The van der Waals surface area contributed by atoms with Crippen LogP contribution in [-0.4, -0.2) is 26.3 Å². The molecule has 1 amide bonds. The fraction of sp³-hybridized carbons (Fsp3) is 0.0952. The lowest BCUT2D eigenvalue weighted by Crippen LogP contribution is -2.26. The van der Waals surface area contributed by atoms with E-state index in [1.54, 1.807) is 19.2 Å². The smallest absolute Gasteiger partial charge is 0.262 e. The molecule has 0 aliphatic carbocycles. The molecule has 0 saturated carbocycles. The number of nitrogens with zero attached hydrogens (tertiary/aromatic N) is 1. The molecule has 0 unspecified atom stereocenters. The number of para-hydroxylation sites is 1. The van der Waals surface area contributed by atoms with Gasteiger partial charge in [0.2, 0.25) is 0 Å². The summed E-state index contributed by atoms with van der Waals surface area (Å²) >= 11 is 6.14. The van der Waals surface area contributed by atoms with Crippen molar-refractivity contribution in [3.8, 4) is 0 Å². The lowest BCUT2D eigenvalue weighted by atomic mass is 10.1. The first kappa shape index (κ1) is 20.8. The van der Waals surface area contributed by atoms with E-state index in [0.717, 1.165) is 11.6 Å². The van der Waals surface area contributed by atoms with Crippen LogP contribution in [-0.2, 0) is 16.6 Å². The van der Waals surface area contributed by atoms with Crippen LogP contribution in [0.25, 0.3) is 0 Å². The third-order valence-corrected chi connectivity index (χ3v) is 5.95. The topological polar surface area (TPSA) is 66.5 Å². The second kappa shape index (κ2) is 8.63. The average molecular weight is 433 g/mol. The molecule has 0 aliphatic rings. The first-order valence-corrected chi connectivity index (χ1v) is 10.5. The van der Waals surface area contributed by atoms with Crippen molar-refractivity contribution in [2.24, 2.45) is 0 Å². The van der Waals surface area contributed by atoms with Gasteiger partial charge in [-0.25, -0.2) is 12.8 Å². The van der Waals surface area contributed by atoms with Crippen molar-refractivity contribution in [2.45, 2.75) is 11.4 Å². The highest BCUT2D eigenvalue weighted by Crippen LogP contribution is 2.21. The molecule has 29 heavy (non-hydrogen) atoms. The van der Waals surface area contributed by atoms with Crippen LogP contribution in [0.1, 0.15) is 15.9 Å². The van der Waals surface area contributed by atoms with Gasteiger partial charge < -0.3 is 4.90 Å². The number of carbonyl (C=O) groups is 1. The van der Waals surface area contributed by atoms with Crippen LogP contribution in [0.5, 0.6) is 0 Å². The molecule has 150 valence electrons. The van der Waals surface area contributed by atoms with Gasteiger partial charge in [-0.2, -0.15) is 0 Å². The Hall–Kier alpha value is -2.90. The number of amides is 1. The highest BCUT2D eigenvalue weighted by atomic mass is 35.5. The molecule has 0 spiro atoms. The number of anilines is 1. The Morgan fingerprint density at radius 3 is 2.45 bits per heavy atom. The maximum Gasteiger partial charge on any atom is 0.262 e. The molecule has 0 aromatic heterocycles. The normalized spacial score (nSPS) is 11.1. The summed E-state index contributed by atoms with van der Waals surface area (Å²) in [7, 11) is -2.46. The summed E-state index contributed by atoms with van der Waals surface area (Å²) < 4.78 is 41.2. The fourth-order valence-electron chi connectivity index (χ4n) is 2.72. The Kier molecular flexibility index (Phi) is 6.20. The number of rotatable bonds is 6. The van der Waals surface area contributed by atoms with Crippen LogP contribution < -0.4 is 4.72 Å². The first-order valence-electron chi connectivity index (χ1n) is 8.64. The summed E-state index contributed by atoms with van der Waals surface area (Å²) in [6.45, 7) is 0.267. The molecule has 5 nitrogen and oxygen atoms in total. The van der Waals surface area contributed by atoms with Crippen LogP contribution in [0.15, 0.2) is 77.7 Å². The van der Waals surface area contributed by atoms with E-state index in [1.807, 2.05) is 12.1 Å². The molecular formula is C21H18ClFN2O3S. The lowest BCUT2D eigenvalue weighted by molar-refractivity contribution is 0.0785. The Bertz CT molecular complexity index is 1150. The van der Waals surface area contributed by atoms with E-state index >= 15 is 0 Å². The summed E-state index contributed by atoms with van der Waals surface area (Å²) in [6.07, 6.45) is 0. The van der Waals surface area contributed by atoms with Crippen molar-refractivity contribution in [2.75, 3.05) is 11.8 Å². The van der Waals surface area contributed by atoms with Crippen LogP contribution >= 0.6 is 11.6 Å². The Morgan fingerprint density at radius 1 is 1.03 bits per heavy atom. The van der Waals surface area contributed by atoms with E-state index in [0.29, 0.717) is 5.02 Å². The van der Waals surface area contributed by atoms with E-state index in [9.17, 15) is 17.6 Å². The molecule has 0 bridgehead atoms. The van der Waals surface area contributed by atoms with Crippen LogP contribution in [0.2, 0.25) is 5.02 Å². The highest BCUT2D eigenvalue weighted by molar-refractivity contribution is 7.92. The molecule has 0 aliphatic heterocycles. The van der Waals surface area contributed by atoms with Gasteiger partial charge in [-0.05, 0) is 42.0 Å². The maximum atomic E-state index is 13.8. The third-order valence-electron chi connectivity index (χ3n) is 4.22. The summed E-state index contributed by atoms with van der Waals surface area (Å²) in [5, 5.41) is 0.539. The minimum absolute atomic E-state index is 0.141. The second-order valence-electron chi connectivity index (χ2n) is 6.37. The second-order valence-corrected chi connectivity index (χ2v) is 8.46. The molecule has 0 fully saturated rings. The van der Waals surface area contributed by atoms with Crippen molar-refractivity contribution >= 4 is 33.2 Å². The Morgan fingerprint density at radius 2 is 1.72 bits per heavy atom. The van der Waals surface area contributed by atoms with Gasteiger partial charge in [0, 0.05) is 24.2 Å². The molecular weight excluding hydrogens is 415 g/mol. The molecule has 0 heterocycles. The van der Waals surface area contributed by atoms with Gasteiger partial charge in [-0.3, -0.25) is 9.52 Å². The summed E-state index contributed by atoms with van der Waals surface area (Å²) in [5.74, 6) is -1.06. The van der Waals surface area contributed by atoms with Gasteiger partial charge in [-0.1, -0.05) is 48.0 Å². The Labute approximate surface area is 173 Å². The number of benzene rings is 3. The molecule has 0 radical (unpaired) electrons. The van der Waals surface area contributed by atoms with E-state index in [-0.39, 0.29) is 28.6 Å². The summed E-state index contributed by atoms with van der Waals surface area (Å²) in [4.78, 5) is 14.1. The van der Waals surface area contributed by atoms with Crippen molar-refractivity contribution < 1.29 is 17.6 Å². The largest absolute Gasteiger partial charge is 0.337 e. The van der Waals surface area contributed by atoms with Crippen LogP contribution in [0, 0.1) is 5.82 Å². The molecule has 8 heteroatoms. The first-order chi connectivity index (χ1) is 13.8. The standard InChI is InChI=1S/C21H18ClFN2O3S/c1-25(14-16-7-2-3-10-18(16)22)21(26)15-8-6-9-17(13-15)29(27,28)24-20-12-5-4-11-19(20)23/h2-13,24H,14H2,1H3. The molecule has 3 rings (SSSR count). The van der Waals surface area contributed by atoms with Crippen molar-refractivity contribution in [1.29, 1.82) is 0 Å². The highest BCUT2D eigenvalue weighted by Gasteiger charge is 2.19. The fourth-order valence-corrected chi connectivity index (χ4v) is 4.03. The van der Waals surface area contributed by atoms with Gasteiger partial charge in [0.15, 0.2) is 0 Å². The molecule has 3 aromatic carbocycles. The minimum atomic E-state index is -4.07. The van der Waals surface area contributed by atoms with Gasteiger partial charge in [0.1, 0.15) is 5.82 Å². The predicted octanol–water partition coefficient (Wildman–Crippen LogP) is 4.55.